The second-order valence-electron chi connectivity index (χ2n) is 2.69. The molecule has 1 nitrogen and oxygen atoms in total. The van der Waals surface area contributed by atoms with E-state index in [1.807, 2.05) is 6.92 Å². The molecule has 0 aromatic carbocycles. The zero-order valence-corrected chi connectivity index (χ0v) is 6.61. The van der Waals surface area contributed by atoms with Crippen LogP contribution in [0.4, 0.5) is 0 Å². The van der Waals surface area contributed by atoms with Crippen molar-refractivity contribution >= 4 is 15.9 Å². The van der Waals surface area contributed by atoms with Crippen molar-refractivity contribution in [1.82, 2.24) is 0 Å². The van der Waals surface area contributed by atoms with Crippen molar-refractivity contribution in [2.45, 2.75) is 36.6 Å². The molecule has 0 saturated heterocycles. The summed E-state index contributed by atoms with van der Waals surface area (Å²) < 4.78 is 0.0208. The molecule has 0 amide bonds. The van der Waals surface area contributed by atoms with Crippen LogP contribution in [-0.4, -0.2) is 15.5 Å². The summed E-state index contributed by atoms with van der Waals surface area (Å²) in [5.41, 5.74) is 0. The highest BCUT2D eigenvalue weighted by Crippen LogP contribution is 2.36. The third-order valence-corrected chi connectivity index (χ3v) is 2.76. The molecule has 2 atom stereocenters. The average Bonchev–Trinajstić information content (AvgIpc) is 1.86. The summed E-state index contributed by atoms with van der Waals surface area (Å²) >= 11 is 3.46. The zero-order valence-electron chi connectivity index (χ0n) is 5.02. The van der Waals surface area contributed by atoms with E-state index >= 15 is 0 Å². The number of alkyl halides is 1. The predicted molar refractivity (Wildman–Crippen MR) is 37.2 cm³/mol. The van der Waals surface area contributed by atoms with Gasteiger partial charge in [-0.25, -0.2) is 0 Å². The van der Waals surface area contributed by atoms with E-state index in [9.17, 15) is 5.11 Å². The van der Waals surface area contributed by atoms with Crippen molar-refractivity contribution in [3.8, 4) is 0 Å². The lowest BCUT2D eigenvalue weighted by molar-refractivity contribution is 0.159. The van der Waals surface area contributed by atoms with Gasteiger partial charge in [-0.2, -0.15) is 0 Å². The third kappa shape index (κ3) is 1.06. The normalized spacial score (nSPS) is 47.6. The summed E-state index contributed by atoms with van der Waals surface area (Å²) in [5.74, 6) is 0. The van der Waals surface area contributed by atoms with Gasteiger partial charge < -0.3 is 5.11 Å². The number of aliphatic hydroxyl groups is 1. The summed E-state index contributed by atoms with van der Waals surface area (Å²) in [6.07, 6.45) is 3.10. The number of hydrogen-bond acceptors (Lipinski definition) is 1. The second-order valence-corrected chi connectivity index (χ2v) is 4.50. The van der Waals surface area contributed by atoms with Crippen molar-refractivity contribution in [3.63, 3.8) is 0 Å². The van der Waals surface area contributed by atoms with Gasteiger partial charge in [0.25, 0.3) is 0 Å². The van der Waals surface area contributed by atoms with Crippen LogP contribution >= 0.6 is 15.9 Å². The van der Waals surface area contributed by atoms with E-state index in [0.717, 1.165) is 19.3 Å². The molecule has 0 spiro atoms. The first kappa shape index (κ1) is 6.56. The number of hydrogen-bond donors (Lipinski definition) is 1. The van der Waals surface area contributed by atoms with Crippen molar-refractivity contribution in [2.75, 3.05) is 0 Å². The molecule has 0 heterocycles. The first-order chi connectivity index (χ1) is 3.63. The molecule has 0 radical (unpaired) electrons. The lowest BCUT2D eigenvalue weighted by Gasteiger charge is -2.18. The molecule has 2 unspecified atom stereocenters. The van der Waals surface area contributed by atoms with Gasteiger partial charge in [0, 0.05) is 4.32 Å². The molecule has 1 aliphatic rings. The van der Waals surface area contributed by atoms with Gasteiger partial charge >= 0.3 is 0 Å². The lowest BCUT2D eigenvalue weighted by atomic mass is 10.1. The Labute approximate surface area is 58.2 Å². The van der Waals surface area contributed by atoms with Crippen LogP contribution in [0.2, 0.25) is 0 Å². The van der Waals surface area contributed by atoms with Crippen LogP contribution in [0.25, 0.3) is 0 Å². The largest absolute Gasteiger partial charge is 0.392 e. The Kier molecular flexibility index (Phi) is 1.63. The summed E-state index contributed by atoms with van der Waals surface area (Å²) in [5, 5.41) is 9.21. The Bertz CT molecular complexity index is 90.5. The lowest BCUT2D eigenvalue weighted by Crippen LogP contribution is -2.25. The first-order valence-electron chi connectivity index (χ1n) is 3.00. The summed E-state index contributed by atoms with van der Waals surface area (Å²) in [6, 6.07) is 0. The second kappa shape index (κ2) is 1.99. The highest BCUT2D eigenvalue weighted by Gasteiger charge is 2.34. The van der Waals surface area contributed by atoms with Gasteiger partial charge in [-0.3, -0.25) is 0 Å². The van der Waals surface area contributed by atoms with Crippen LogP contribution in [0.3, 0.4) is 0 Å². The van der Waals surface area contributed by atoms with Crippen molar-refractivity contribution in [3.05, 3.63) is 0 Å². The van der Waals surface area contributed by atoms with E-state index in [1.165, 1.54) is 0 Å². The van der Waals surface area contributed by atoms with Crippen LogP contribution in [0.15, 0.2) is 0 Å². The monoisotopic (exact) mass is 178 g/mol. The molecule has 2 heteroatoms. The molecule has 1 N–H and O–H groups in total. The molecular weight excluding hydrogens is 168 g/mol. The van der Waals surface area contributed by atoms with E-state index in [4.69, 9.17) is 0 Å². The van der Waals surface area contributed by atoms with Crippen LogP contribution in [0.5, 0.6) is 0 Å². The Morgan fingerprint density at radius 1 is 1.75 bits per heavy atom. The number of rotatable bonds is 0. The van der Waals surface area contributed by atoms with Gasteiger partial charge in [-0.05, 0) is 26.2 Å². The fourth-order valence-corrected chi connectivity index (χ4v) is 1.62. The molecule has 48 valence electrons. The quantitative estimate of drug-likeness (QED) is 0.561. The highest BCUT2D eigenvalue weighted by atomic mass is 79.9. The molecule has 0 aromatic rings. The molecule has 0 aromatic heterocycles. The maximum Gasteiger partial charge on any atom is 0.0690 e. The minimum atomic E-state index is -0.123. The van der Waals surface area contributed by atoms with Crippen LogP contribution in [0, 0.1) is 0 Å². The van der Waals surface area contributed by atoms with Crippen LogP contribution in [0.1, 0.15) is 26.2 Å². The summed E-state index contributed by atoms with van der Waals surface area (Å²) in [6.45, 7) is 2.05. The van der Waals surface area contributed by atoms with Crippen molar-refractivity contribution < 1.29 is 5.11 Å². The Morgan fingerprint density at radius 3 is 2.50 bits per heavy atom. The minimum Gasteiger partial charge on any atom is -0.392 e. The van der Waals surface area contributed by atoms with E-state index < -0.39 is 0 Å². The average molecular weight is 179 g/mol. The van der Waals surface area contributed by atoms with E-state index in [0.29, 0.717) is 0 Å². The van der Waals surface area contributed by atoms with E-state index in [2.05, 4.69) is 15.9 Å². The Morgan fingerprint density at radius 2 is 2.38 bits per heavy atom. The topological polar surface area (TPSA) is 20.2 Å². The van der Waals surface area contributed by atoms with Gasteiger partial charge in [0.05, 0.1) is 6.10 Å². The fourth-order valence-electron chi connectivity index (χ4n) is 1.11. The van der Waals surface area contributed by atoms with Gasteiger partial charge in [-0.1, -0.05) is 15.9 Å². The number of halogens is 1. The molecular formula is C6H11BrO. The standard InChI is InChI=1S/C6H11BrO/c1-6(7)4-2-3-5(6)8/h5,8H,2-4H2,1H3. The van der Waals surface area contributed by atoms with Gasteiger partial charge in [-0.15, -0.1) is 0 Å². The van der Waals surface area contributed by atoms with E-state index in [-0.39, 0.29) is 10.4 Å². The maximum absolute atomic E-state index is 9.21. The Hall–Kier alpha value is 0.440. The van der Waals surface area contributed by atoms with Crippen LogP contribution in [-0.2, 0) is 0 Å². The molecule has 1 rings (SSSR count). The fraction of sp³-hybridized carbons (Fsp3) is 1.00. The van der Waals surface area contributed by atoms with Gasteiger partial charge in [0.15, 0.2) is 0 Å². The van der Waals surface area contributed by atoms with Gasteiger partial charge in [0.1, 0.15) is 0 Å². The molecule has 0 bridgehead atoms. The molecule has 0 aliphatic heterocycles. The number of aliphatic hydroxyl groups excluding tert-OH is 1. The minimum absolute atomic E-state index is 0.0208. The van der Waals surface area contributed by atoms with Crippen molar-refractivity contribution in [1.29, 1.82) is 0 Å². The summed E-state index contributed by atoms with van der Waals surface area (Å²) in [7, 11) is 0. The third-order valence-electron chi connectivity index (χ3n) is 1.84. The maximum atomic E-state index is 9.21. The van der Waals surface area contributed by atoms with Crippen molar-refractivity contribution in [2.24, 2.45) is 0 Å². The Balaban J connectivity index is 2.54. The molecule has 1 fully saturated rings. The van der Waals surface area contributed by atoms with Crippen LogP contribution < -0.4 is 0 Å². The molecule has 1 aliphatic carbocycles. The first-order valence-corrected chi connectivity index (χ1v) is 3.79. The zero-order chi connectivity index (χ0) is 6.20. The predicted octanol–water partition coefficient (Wildman–Crippen LogP) is 1.68. The molecule has 1 saturated carbocycles. The molecule has 8 heavy (non-hydrogen) atoms. The van der Waals surface area contributed by atoms with E-state index in [1.54, 1.807) is 0 Å². The highest BCUT2D eigenvalue weighted by molar-refractivity contribution is 9.10. The summed E-state index contributed by atoms with van der Waals surface area (Å²) in [4.78, 5) is 0. The SMILES string of the molecule is CC1(Br)CCCC1O. The smallest absolute Gasteiger partial charge is 0.0690 e. The van der Waals surface area contributed by atoms with Gasteiger partial charge in [0.2, 0.25) is 0 Å².